The van der Waals surface area contributed by atoms with Gasteiger partial charge in [-0.1, -0.05) is 6.07 Å². The van der Waals surface area contributed by atoms with Crippen LogP contribution < -0.4 is 10.6 Å². The van der Waals surface area contributed by atoms with Crippen molar-refractivity contribution in [2.45, 2.75) is 13.5 Å². The van der Waals surface area contributed by atoms with Crippen LogP contribution in [0.2, 0.25) is 0 Å². The Hall–Kier alpha value is -2.77. The van der Waals surface area contributed by atoms with E-state index in [-0.39, 0.29) is 11.5 Å². The maximum atomic E-state index is 10.9. The molecular formula is C12H14N6O2. The van der Waals surface area contributed by atoms with Gasteiger partial charge in [0.25, 0.3) is 0 Å². The fourth-order valence-corrected chi connectivity index (χ4v) is 1.63. The van der Waals surface area contributed by atoms with Crippen LogP contribution in [0.4, 0.5) is 17.5 Å². The molecule has 0 saturated carbocycles. The predicted octanol–water partition coefficient (Wildman–Crippen LogP) is 1.74. The molecule has 0 aromatic carbocycles. The van der Waals surface area contributed by atoms with E-state index in [2.05, 4.69) is 25.6 Å². The largest absolute Gasteiger partial charge is 0.359 e. The van der Waals surface area contributed by atoms with E-state index in [1.54, 1.807) is 13.2 Å². The van der Waals surface area contributed by atoms with Crippen LogP contribution in [0.5, 0.6) is 0 Å². The van der Waals surface area contributed by atoms with Crippen molar-refractivity contribution in [3.8, 4) is 0 Å². The fourth-order valence-electron chi connectivity index (χ4n) is 1.63. The number of rotatable bonds is 5. The van der Waals surface area contributed by atoms with Gasteiger partial charge in [-0.15, -0.1) is 0 Å². The van der Waals surface area contributed by atoms with Crippen molar-refractivity contribution in [3.05, 3.63) is 45.9 Å². The molecule has 2 rings (SSSR count). The topological polar surface area (TPSA) is 106 Å². The molecule has 0 spiro atoms. The van der Waals surface area contributed by atoms with Gasteiger partial charge in [-0.25, -0.2) is 4.98 Å². The second kappa shape index (κ2) is 5.91. The van der Waals surface area contributed by atoms with E-state index in [4.69, 9.17) is 0 Å². The molecule has 2 heterocycles. The van der Waals surface area contributed by atoms with Gasteiger partial charge in [0.2, 0.25) is 11.8 Å². The molecule has 0 aliphatic heterocycles. The third-order valence-corrected chi connectivity index (χ3v) is 2.73. The summed E-state index contributed by atoms with van der Waals surface area (Å²) >= 11 is 0. The average Bonchev–Trinajstić information content (AvgIpc) is 2.46. The van der Waals surface area contributed by atoms with Crippen LogP contribution >= 0.6 is 0 Å². The molecule has 0 atom stereocenters. The summed E-state index contributed by atoms with van der Waals surface area (Å²) in [5, 5.41) is 16.6. The quantitative estimate of drug-likeness (QED) is 0.631. The number of hydrogen-bond acceptors (Lipinski definition) is 7. The van der Waals surface area contributed by atoms with E-state index in [1.165, 1.54) is 6.20 Å². The lowest BCUT2D eigenvalue weighted by molar-refractivity contribution is -0.384. The molecule has 2 N–H and O–H groups in total. The summed E-state index contributed by atoms with van der Waals surface area (Å²) in [6.45, 7) is 2.28. The van der Waals surface area contributed by atoms with Gasteiger partial charge < -0.3 is 10.6 Å². The Kier molecular flexibility index (Phi) is 4.04. The second-order valence-corrected chi connectivity index (χ2v) is 4.06. The Bertz CT molecular complexity index is 631. The number of aryl methyl sites for hydroxylation is 1. The fraction of sp³-hybridized carbons (Fsp3) is 0.250. The molecular weight excluding hydrogens is 260 g/mol. The molecule has 104 valence electrons. The summed E-state index contributed by atoms with van der Waals surface area (Å²) in [7, 11) is 1.65. The van der Waals surface area contributed by atoms with E-state index in [1.807, 2.05) is 19.1 Å². The first-order chi connectivity index (χ1) is 9.61. The number of nitro groups is 1. The molecule has 8 nitrogen and oxygen atoms in total. The van der Waals surface area contributed by atoms with Gasteiger partial charge in [-0.3, -0.25) is 15.1 Å². The van der Waals surface area contributed by atoms with E-state index in [9.17, 15) is 10.1 Å². The zero-order chi connectivity index (χ0) is 14.5. The van der Waals surface area contributed by atoms with Crippen molar-refractivity contribution in [2.75, 3.05) is 17.7 Å². The van der Waals surface area contributed by atoms with E-state index in [0.29, 0.717) is 12.5 Å². The third-order valence-electron chi connectivity index (χ3n) is 2.73. The van der Waals surface area contributed by atoms with Crippen LogP contribution in [0, 0.1) is 17.0 Å². The lowest BCUT2D eigenvalue weighted by atomic mass is 10.2. The molecule has 0 bridgehead atoms. The number of aromatic nitrogens is 3. The Labute approximate surface area is 115 Å². The summed E-state index contributed by atoms with van der Waals surface area (Å²) in [6.07, 6.45) is 2.85. The number of nitrogens with one attached hydrogen (secondary N) is 2. The molecule has 0 radical (unpaired) electrons. The summed E-state index contributed by atoms with van der Waals surface area (Å²) in [5.74, 6) is 0.482. The maximum absolute atomic E-state index is 10.9. The summed E-state index contributed by atoms with van der Waals surface area (Å²) in [6, 6.07) is 3.77. The molecule has 0 aliphatic rings. The third kappa shape index (κ3) is 2.97. The van der Waals surface area contributed by atoms with Crippen LogP contribution in [0.1, 0.15) is 11.3 Å². The second-order valence-electron chi connectivity index (χ2n) is 4.06. The van der Waals surface area contributed by atoms with Crippen LogP contribution in [0.15, 0.2) is 24.5 Å². The molecule has 0 unspecified atom stereocenters. The number of pyridine rings is 1. The minimum atomic E-state index is -0.521. The van der Waals surface area contributed by atoms with Gasteiger partial charge in [0, 0.05) is 13.2 Å². The SMILES string of the molecule is CNc1ncc([N+](=O)[O-])c(NCc2ncccc2C)n1. The molecule has 0 saturated heterocycles. The van der Waals surface area contributed by atoms with Gasteiger partial charge in [-0.05, 0) is 18.6 Å². The van der Waals surface area contributed by atoms with Gasteiger partial charge in [0.05, 0.1) is 17.2 Å². The first kappa shape index (κ1) is 13.7. The van der Waals surface area contributed by atoms with Crippen molar-refractivity contribution in [1.29, 1.82) is 0 Å². The number of nitrogens with zero attached hydrogens (tertiary/aromatic N) is 4. The summed E-state index contributed by atoms with van der Waals surface area (Å²) in [5.41, 5.74) is 1.65. The van der Waals surface area contributed by atoms with Crippen LogP contribution in [-0.4, -0.2) is 26.9 Å². The number of hydrogen-bond donors (Lipinski definition) is 2. The van der Waals surface area contributed by atoms with Crippen LogP contribution in [0.3, 0.4) is 0 Å². The van der Waals surface area contributed by atoms with Crippen molar-refractivity contribution in [2.24, 2.45) is 0 Å². The molecule has 0 aliphatic carbocycles. The average molecular weight is 274 g/mol. The first-order valence-corrected chi connectivity index (χ1v) is 5.95. The van der Waals surface area contributed by atoms with Crippen molar-refractivity contribution in [3.63, 3.8) is 0 Å². The maximum Gasteiger partial charge on any atom is 0.329 e. The monoisotopic (exact) mass is 274 g/mol. The molecule has 2 aromatic rings. The normalized spacial score (nSPS) is 10.1. The van der Waals surface area contributed by atoms with Crippen LogP contribution in [-0.2, 0) is 6.54 Å². The van der Waals surface area contributed by atoms with Gasteiger partial charge in [0.15, 0.2) is 0 Å². The minimum absolute atomic E-state index is 0.166. The van der Waals surface area contributed by atoms with E-state index >= 15 is 0 Å². The first-order valence-electron chi connectivity index (χ1n) is 5.95. The van der Waals surface area contributed by atoms with Gasteiger partial charge in [-0.2, -0.15) is 4.98 Å². The van der Waals surface area contributed by atoms with Crippen molar-refractivity contribution < 1.29 is 4.92 Å². The molecule has 0 amide bonds. The predicted molar refractivity (Wildman–Crippen MR) is 74.5 cm³/mol. The molecule has 0 fully saturated rings. The molecule has 8 heteroatoms. The molecule has 20 heavy (non-hydrogen) atoms. The highest BCUT2D eigenvalue weighted by Gasteiger charge is 2.17. The van der Waals surface area contributed by atoms with Crippen molar-refractivity contribution >= 4 is 17.5 Å². The molecule has 2 aromatic heterocycles. The van der Waals surface area contributed by atoms with Crippen molar-refractivity contribution in [1.82, 2.24) is 15.0 Å². The van der Waals surface area contributed by atoms with E-state index in [0.717, 1.165) is 11.3 Å². The standard InChI is InChI=1S/C12H14N6O2/c1-8-4-3-5-14-9(8)6-15-11-10(18(19)20)7-16-12(13-2)17-11/h3-5,7H,6H2,1-2H3,(H2,13,15,16,17). The lowest BCUT2D eigenvalue weighted by Crippen LogP contribution is -2.09. The number of anilines is 2. The highest BCUT2D eigenvalue weighted by Crippen LogP contribution is 2.22. The van der Waals surface area contributed by atoms with Gasteiger partial charge >= 0.3 is 5.69 Å². The Balaban J connectivity index is 2.24. The van der Waals surface area contributed by atoms with Crippen LogP contribution in [0.25, 0.3) is 0 Å². The zero-order valence-corrected chi connectivity index (χ0v) is 11.1. The summed E-state index contributed by atoms with van der Waals surface area (Å²) in [4.78, 5) is 22.5. The minimum Gasteiger partial charge on any atom is -0.359 e. The highest BCUT2D eigenvalue weighted by atomic mass is 16.6. The summed E-state index contributed by atoms with van der Waals surface area (Å²) < 4.78 is 0. The Morgan fingerprint density at radius 3 is 2.85 bits per heavy atom. The van der Waals surface area contributed by atoms with E-state index < -0.39 is 4.92 Å². The highest BCUT2D eigenvalue weighted by molar-refractivity contribution is 5.57. The lowest BCUT2D eigenvalue weighted by Gasteiger charge is -2.08. The smallest absolute Gasteiger partial charge is 0.329 e. The Morgan fingerprint density at radius 2 is 2.20 bits per heavy atom. The Morgan fingerprint density at radius 1 is 1.40 bits per heavy atom. The zero-order valence-electron chi connectivity index (χ0n) is 11.1. The van der Waals surface area contributed by atoms with Gasteiger partial charge in [0.1, 0.15) is 6.20 Å².